The Bertz CT molecular complexity index is 856. The van der Waals surface area contributed by atoms with Gasteiger partial charge in [-0.1, -0.05) is 46.8 Å². The van der Waals surface area contributed by atoms with Gasteiger partial charge in [-0.15, -0.1) is 24.0 Å². The van der Waals surface area contributed by atoms with Gasteiger partial charge in [0.25, 0.3) is 0 Å². The molecule has 0 aliphatic rings. The molecule has 0 saturated carbocycles. The molecule has 7 nitrogen and oxygen atoms in total. The van der Waals surface area contributed by atoms with Crippen LogP contribution in [0.5, 0.6) is 0 Å². The smallest absolute Gasteiger partial charge is 0.224 e. The minimum atomic E-state index is -0.0700. The topological polar surface area (TPSA) is 91.5 Å². The molecule has 1 heterocycles. The second-order valence-corrected chi connectivity index (χ2v) is 8.76. The molecule has 0 bridgehead atoms. The second-order valence-electron chi connectivity index (χ2n) is 8.76. The van der Waals surface area contributed by atoms with Crippen molar-refractivity contribution in [3.8, 4) is 0 Å². The number of rotatable bonds is 8. The van der Waals surface area contributed by atoms with Gasteiger partial charge in [-0.05, 0) is 30.5 Å². The Balaban J connectivity index is 0.00000480. The summed E-state index contributed by atoms with van der Waals surface area (Å²) in [5, 5.41) is 9.43. The van der Waals surface area contributed by atoms with Gasteiger partial charge in [0.2, 0.25) is 11.8 Å². The first-order chi connectivity index (χ1) is 14.2. The zero-order valence-corrected chi connectivity index (χ0v) is 21.7. The fourth-order valence-corrected chi connectivity index (χ4v) is 2.74. The Morgan fingerprint density at radius 3 is 2.58 bits per heavy atom. The Morgan fingerprint density at radius 2 is 1.97 bits per heavy atom. The summed E-state index contributed by atoms with van der Waals surface area (Å²) in [6.45, 7) is 14.0. The first kappa shape index (κ1) is 26.9. The highest BCUT2D eigenvalue weighted by molar-refractivity contribution is 14.0. The third kappa shape index (κ3) is 9.71. The van der Waals surface area contributed by atoms with E-state index < -0.39 is 0 Å². The quantitative estimate of drug-likeness (QED) is 0.253. The van der Waals surface area contributed by atoms with Crippen molar-refractivity contribution >= 4 is 41.5 Å². The van der Waals surface area contributed by atoms with Gasteiger partial charge >= 0.3 is 0 Å². The van der Waals surface area contributed by atoms with Crippen LogP contribution in [0.3, 0.4) is 0 Å². The lowest BCUT2D eigenvalue weighted by Gasteiger charge is -2.13. The maximum atomic E-state index is 12.0. The molecule has 8 heteroatoms. The number of carbonyl (C=O) groups is 1. The van der Waals surface area contributed by atoms with E-state index in [0.29, 0.717) is 37.3 Å². The van der Waals surface area contributed by atoms with Crippen LogP contribution in [0.2, 0.25) is 0 Å². The number of guanidine groups is 1. The number of benzene rings is 1. The largest absolute Gasteiger partial charge is 0.443 e. The molecule has 0 unspecified atom stereocenters. The Kier molecular flexibility index (Phi) is 11.0. The van der Waals surface area contributed by atoms with Crippen LogP contribution < -0.4 is 16.0 Å². The molecule has 0 spiro atoms. The van der Waals surface area contributed by atoms with Crippen LogP contribution in [0, 0.1) is 5.92 Å². The summed E-state index contributed by atoms with van der Waals surface area (Å²) < 4.78 is 5.82. The number of aromatic nitrogens is 1. The predicted octanol–water partition coefficient (Wildman–Crippen LogP) is 4.83. The highest BCUT2D eigenvalue weighted by Gasteiger charge is 2.19. The van der Waals surface area contributed by atoms with Crippen molar-refractivity contribution in [2.24, 2.45) is 10.9 Å². The van der Waals surface area contributed by atoms with Crippen LogP contribution in [-0.4, -0.2) is 23.4 Å². The molecular weight excluding hydrogens is 505 g/mol. The molecule has 2 rings (SSSR count). The maximum absolute atomic E-state index is 12.0. The molecule has 0 fully saturated rings. The molecule has 3 N–H and O–H groups in total. The Labute approximate surface area is 202 Å². The van der Waals surface area contributed by atoms with Crippen molar-refractivity contribution in [3.05, 3.63) is 47.7 Å². The van der Waals surface area contributed by atoms with Gasteiger partial charge in [0.05, 0.1) is 19.3 Å². The zero-order chi connectivity index (χ0) is 22.1. The molecule has 31 heavy (non-hydrogen) atoms. The van der Waals surface area contributed by atoms with E-state index in [1.54, 1.807) is 6.20 Å². The average molecular weight is 541 g/mol. The number of aliphatic imine (C=N–C) groups is 1. The van der Waals surface area contributed by atoms with Crippen molar-refractivity contribution in [2.75, 3.05) is 11.9 Å². The molecule has 1 amide bonds. The number of nitrogens with one attached hydrogen (secondary N) is 3. The lowest BCUT2D eigenvalue weighted by atomic mass is 9.94. The van der Waals surface area contributed by atoms with Gasteiger partial charge in [0.15, 0.2) is 5.96 Å². The number of nitrogens with zero attached hydrogens (tertiary/aromatic N) is 2. The summed E-state index contributed by atoms with van der Waals surface area (Å²) in [4.78, 5) is 21.0. The molecule has 2 aromatic rings. The van der Waals surface area contributed by atoms with Crippen molar-refractivity contribution in [1.82, 2.24) is 15.6 Å². The van der Waals surface area contributed by atoms with Crippen LogP contribution in [0.1, 0.15) is 65.2 Å². The lowest BCUT2D eigenvalue weighted by molar-refractivity contribution is -0.116. The third-order valence-electron chi connectivity index (χ3n) is 4.27. The minimum absolute atomic E-state index is 0. The fourth-order valence-electron chi connectivity index (χ4n) is 2.74. The number of carbonyl (C=O) groups excluding carboxylic acids is 1. The second kappa shape index (κ2) is 12.7. The Morgan fingerprint density at radius 1 is 1.23 bits per heavy atom. The van der Waals surface area contributed by atoms with E-state index in [0.717, 1.165) is 23.6 Å². The summed E-state index contributed by atoms with van der Waals surface area (Å²) in [6, 6.07) is 7.77. The van der Waals surface area contributed by atoms with Gasteiger partial charge < -0.3 is 20.4 Å². The van der Waals surface area contributed by atoms with Crippen molar-refractivity contribution in [1.29, 1.82) is 0 Å². The number of hydrogen-bond donors (Lipinski definition) is 3. The number of amides is 1. The normalized spacial score (nSPS) is 11.8. The molecule has 172 valence electrons. The maximum Gasteiger partial charge on any atom is 0.224 e. The lowest BCUT2D eigenvalue weighted by Crippen LogP contribution is -2.36. The molecule has 1 aromatic heterocycles. The summed E-state index contributed by atoms with van der Waals surface area (Å²) in [6.07, 6.45) is 2.29. The first-order valence-corrected chi connectivity index (χ1v) is 10.5. The van der Waals surface area contributed by atoms with Gasteiger partial charge in [-0.25, -0.2) is 9.98 Å². The molecule has 1 aromatic carbocycles. The van der Waals surface area contributed by atoms with Crippen molar-refractivity contribution in [2.45, 2.75) is 66.5 Å². The zero-order valence-electron chi connectivity index (χ0n) is 19.4. The van der Waals surface area contributed by atoms with Gasteiger partial charge in [0, 0.05) is 24.1 Å². The minimum Gasteiger partial charge on any atom is -0.443 e. The first-order valence-electron chi connectivity index (χ1n) is 10.5. The van der Waals surface area contributed by atoms with Crippen LogP contribution in [0.4, 0.5) is 5.69 Å². The summed E-state index contributed by atoms with van der Waals surface area (Å²) in [7, 11) is 0. The molecule has 0 atom stereocenters. The fraction of sp³-hybridized carbons (Fsp3) is 0.522. The third-order valence-corrected chi connectivity index (χ3v) is 4.27. The van der Waals surface area contributed by atoms with Crippen LogP contribution in [0.25, 0.3) is 0 Å². The van der Waals surface area contributed by atoms with Crippen LogP contribution in [0.15, 0.2) is 39.9 Å². The number of hydrogen-bond acceptors (Lipinski definition) is 4. The monoisotopic (exact) mass is 541 g/mol. The molecule has 0 aliphatic carbocycles. The van der Waals surface area contributed by atoms with Crippen LogP contribution >= 0.6 is 24.0 Å². The standard InChI is InChI=1S/C23H35N5O2.HI/c1-7-24-22(27-15-21-25-14-19(30-21)23(4,5)6)26-13-17-9-8-10-18(12-17)28-20(29)11-16(2)3;/h8-10,12,14,16H,7,11,13,15H2,1-6H3,(H,28,29)(H2,24,26,27);1H. The van der Waals surface area contributed by atoms with Gasteiger partial charge in [0.1, 0.15) is 5.76 Å². The molecular formula is C23H36IN5O2. The predicted molar refractivity (Wildman–Crippen MR) is 137 cm³/mol. The summed E-state index contributed by atoms with van der Waals surface area (Å²) >= 11 is 0. The Hall–Kier alpha value is -2.10. The van der Waals surface area contributed by atoms with Gasteiger partial charge in [-0.3, -0.25) is 4.79 Å². The van der Waals surface area contributed by atoms with E-state index in [4.69, 9.17) is 4.42 Å². The molecule has 0 saturated heterocycles. The molecule has 0 aliphatic heterocycles. The highest BCUT2D eigenvalue weighted by Crippen LogP contribution is 2.22. The highest BCUT2D eigenvalue weighted by atomic mass is 127. The van der Waals surface area contributed by atoms with E-state index >= 15 is 0 Å². The average Bonchev–Trinajstić information content (AvgIpc) is 3.13. The summed E-state index contributed by atoms with van der Waals surface area (Å²) in [5.41, 5.74) is 1.74. The van der Waals surface area contributed by atoms with Crippen LogP contribution in [-0.2, 0) is 23.3 Å². The van der Waals surface area contributed by atoms with Crippen molar-refractivity contribution in [3.63, 3.8) is 0 Å². The van der Waals surface area contributed by atoms with E-state index in [-0.39, 0.29) is 35.3 Å². The van der Waals surface area contributed by atoms with Crippen molar-refractivity contribution < 1.29 is 9.21 Å². The van der Waals surface area contributed by atoms with E-state index in [1.807, 2.05) is 45.0 Å². The van der Waals surface area contributed by atoms with E-state index in [2.05, 4.69) is 46.7 Å². The van der Waals surface area contributed by atoms with E-state index in [9.17, 15) is 4.79 Å². The van der Waals surface area contributed by atoms with Gasteiger partial charge in [-0.2, -0.15) is 0 Å². The molecule has 0 radical (unpaired) electrons. The SMILES string of the molecule is CCNC(=NCc1cccc(NC(=O)CC(C)C)c1)NCc1ncc(C(C)(C)C)o1.I. The number of halogens is 1. The number of oxazole rings is 1. The van der Waals surface area contributed by atoms with E-state index in [1.165, 1.54) is 0 Å². The number of anilines is 1. The summed E-state index contributed by atoms with van der Waals surface area (Å²) in [5.74, 6) is 2.52.